The first-order chi connectivity index (χ1) is 21.1. The van der Waals surface area contributed by atoms with Crippen LogP contribution in [0.3, 0.4) is 0 Å². The Morgan fingerprint density at radius 3 is 1.76 bits per heavy atom. The molecule has 6 N–H and O–H groups in total. The van der Waals surface area contributed by atoms with E-state index in [1.807, 2.05) is 30.3 Å². The Kier molecular flexibility index (Phi) is 24.5. The van der Waals surface area contributed by atoms with Gasteiger partial charge in [0.05, 0.1) is 19.8 Å². The third-order valence-corrected chi connectivity index (χ3v) is 5.35. The van der Waals surface area contributed by atoms with E-state index in [1.54, 1.807) is 11.8 Å². The number of ether oxygens (including phenoxy) is 1. The topological polar surface area (TPSA) is 238 Å². The summed E-state index contributed by atoms with van der Waals surface area (Å²) >= 11 is 0. The number of aliphatic carboxylic acids is 3. The first-order valence-electron chi connectivity index (χ1n) is 14.0. The van der Waals surface area contributed by atoms with E-state index in [4.69, 9.17) is 24.9 Å². The molecular weight excluding hydrogens is 596 g/mol. The Morgan fingerprint density at radius 1 is 0.822 bits per heavy atom. The van der Waals surface area contributed by atoms with Crippen LogP contribution in [0.4, 0.5) is 0 Å². The first-order valence-corrected chi connectivity index (χ1v) is 14.0. The highest BCUT2D eigenvalue weighted by atomic mass is 16.6. The summed E-state index contributed by atoms with van der Waals surface area (Å²) in [5, 5.41) is 29.7. The number of carboxylic acids is 3. The van der Waals surface area contributed by atoms with Gasteiger partial charge in [-0.25, -0.2) is 10.3 Å². The van der Waals surface area contributed by atoms with E-state index >= 15 is 0 Å². The lowest BCUT2D eigenvalue weighted by molar-refractivity contribution is -0.142. The van der Waals surface area contributed by atoms with E-state index in [9.17, 15) is 33.6 Å². The highest BCUT2D eigenvalue weighted by molar-refractivity contribution is 5.82. The Hall–Kier alpha value is -4.57. The lowest BCUT2D eigenvalue weighted by atomic mass is 10.1. The number of hydrogen-bond acceptors (Lipinski definition) is 9. The second-order valence-corrected chi connectivity index (χ2v) is 9.54. The summed E-state index contributed by atoms with van der Waals surface area (Å²) in [6.07, 6.45) is 1.15. The van der Waals surface area contributed by atoms with Crippen molar-refractivity contribution < 1.29 is 58.5 Å². The number of morpholine rings is 1. The number of hydroxylamine groups is 1. The maximum absolute atomic E-state index is 10.7. The van der Waals surface area contributed by atoms with Crippen LogP contribution in [0.25, 0.3) is 0 Å². The van der Waals surface area contributed by atoms with Gasteiger partial charge in [0.25, 0.3) is 0 Å². The van der Waals surface area contributed by atoms with Gasteiger partial charge in [0.2, 0.25) is 23.6 Å². The molecule has 0 spiro atoms. The predicted molar refractivity (Wildman–Crippen MR) is 160 cm³/mol. The molecule has 16 nitrogen and oxygen atoms in total. The fourth-order valence-electron chi connectivity index (χ4n) is 3.17. The molecule has 4 amide bonds. The lowest BCUT2D eigenvalue weighted by Gasteiger charge is -2.25. The van der Waals surface area contributed by atoms with Gasteiger partial charge in [0.15, 0.2) is 0 Å². The number of unbranched alkanes of at least 4 members (excludes halogenated alkanes) is 1. The minimum absolute atomic E-state index is 0.0202. The molecule has 2 atom stereocenters. The van der Waals surface area contributed by atoms with Crippen LogP contribution in [0, 0.1) is 0 Å². The molecule has 254 valence electrons. The fraction of sp³-hybridized carbons (Fsp3) is 0.552. The van der Waals surface area contributed by atoms with Crippen molar-refractivity contribution in [1.82, 2.24) is 21.0 Å². The standard InChI is InChI=1S/C9H15NO5.C9H11NO2.C6H11NO2.C5H9NO3/c1-6(11)10-7(9(14)15)4-2-3-5-8(12)13;1-8(11)10-12-7-9-5-3-2-4-6-9;1-6(8)7-2-4-9-5-3-7;1-3(5(8)9)6-4(2)7/h7H,2-5H2,1H3,(H,10,11)(H,12,13)(H,14,15);2-6H,7H2,1H3,(H,10,11);2-5H2,1H3;3H,1-2H3,(H,6,7)(H,8,9). The van der Waals surface area contributed by atoms with Gasteiger partial charge >= 0.3 is 17.9 Å². The number of rotatable bonds is 12. The fourth-order valence-corrected chi connectivity index (χ4v) is 3.17. The van der Waals surface area contributed by atoms with Crippen molar-refractivity contribution in [2.75, 3.05) is 26.3 Å². The van der Waals surface area contributed by atoms with Gasteiger partial charge in [-0.2, -0.15) is 0 Å². The molecule has 45 heavy (non-hydrogen) atoms. The van der Waals surface area contributed by atoms with Crippen LogP contribution in [0.15, 0.2) is 30.3 Å². The van der Waals surface area contributed by atoms with E-state index in [1.165, 1.54) is 27.7 Å². The van der Waals surface area contributed by atoms with Crippen molar-refractivity contribution in [2.24, 2.45) is 0 Å². The van der Waals surface area contributed by atoms with E-state index in [2.05, 4.69) is 16.1 Å². The van der Waals surface area contributed by atoms with Crippen molar-refractivity contribution in [3.05, 3.63) is 35.9 Å². The molecule has 1 aliphatic heterocycles. The molecule has 1 heterocycles. The van der Waals surface area contributed by atoms with Crippen LogP contribution in [0.5, 0.6) is 0 Å². The SMILES string of the molecule is CC(=O)N1CCOCC1.CC(=O)NC(C)C(=O)O.CC(=O)NC(CCCCC(=O)O)C(=O)O.CC(=O)NOCc1ccccc1. The number of nitrogens with one attached hydrogen (secondary N) is 3. The number of carbonyl (C=O) groups is 7. The van der Waals surface area contributed by atoms with E-state index in [0.717, 1.165) is 18.7 Å². The van der Waals surface area contributed by atoms with Crippen molar-refractivity contribution in [3.63, 3.8) is 0 Å². The summed E-state index contributed by atoms with van der Waals surface area (Å²) < 4.78 is 5.06. The molecule has 2 rings (SSSR count). The van der Waals surface area contributed by atoms with E-state index in [-0.39, 0.29) is 30.6 Å². The summed E-state index contributed by atoms with van der Waals surface area (Å²) in [6, 6.07) is 7.93. The largest absolute Gasteiger partial charge is 0.481 e. The molecule has 0 bridgehead atoms. The predicted octanol–water partition coefficient (Wildman–Crippen LogP) is 0.936. The molecule has 2 unspecified atom stereocenters. The van der Waals surface area contributed by atoms with Crippen LogP contribution in [-0.2, 0) is 49.7 Å². The van der Waals surface area contributed by atoms with E-state index < -0.39 is 35.9 Å². The second-order valence-electron chi connectivity index (χ2n) is 9.54. The average molecular weight is 643 g/mol. The smallest absolute Gasteiger partial charge is 0.326 e. The Labute approximate surface area is 262 Å². The van der Waals surface area contributed by atoms with Crippen LogP contribution in [0.1, 0.15) is 65.9 Å². The molecule has 0 radical (unpaired) electrons. The molecule has 1 aliphatic rings. The summed E-state index contributed by atoms with van der Waals surface area (Å²) in [7, 11) is 0. The van der Waals surface area contributed by atoms with Gasteiger partial charge in [0.1, 0.15) is 12.1 Å². The quantitative estimate of drug-likeness (QED) is 0.138. The van der Waals surface area contributed by atoms with Gasteiger partial charge in [-0.3, -0.25) is 33.6 Å². The van der Waals surface area contributed by atoms with Crippen molar-refractivity contribution in [2.45, 2.75) is 79.0 Å². The minimum atomic E-state index is -1.10. The Morgan fingerprint density at radius 2 is 1.38 bits per heavy atom. The molecule has 0 aliphatic carbocycles. The molecule has 1 saturated heterocycles. The molecule has 1 aromatic rings. The van der Waals surface area contributed by atoms with Crippen molar-refractivity contribution in [1.29, 1.82) is 0 Å². The average Bonchev–Trinajstić information content (AvgIpc) is 2.96. The number of carbonyl (C=O) groups excluding carboxylic acids is 4. The van der Waals surface area contributed by atoms with Crippen molar-refractivity contribution in [3.8, 4) is 0 Å². The second kappa shape index (κ2) is 25.9. The number of amides is 4. The van der Waals surface area contributed by atoms with Gasteiger partial charge in [0, 0.05) is 47.2 Å². The highest BCUT2D eigenvalue weighted by Crippen LogP contribution is 2.04. The molecule has 0 saturated carbocycles. The molecule has 1 fully saturated rings. The summed E-state index contributed by atoms with van der Waals surface area (Å²) in [6.45, 7) is 10.2. The minimum Gasteiger partial charge on any atom is -0.481 e. The third kappa shape index (κ3) is 28.0. The van der Waals surface area contributed by atoms with Crippen LogP contribution in [-0.4, -0.2) is 100 Å². The van der Waals surface area contributed by atoms with Gasteiger partial charge in [-0.15, -0.1) is 0 Å². The maximum atomic E-state index is 10.7. The summed E-state index contributed by atoms with van der Waals surface area (Å²) in [5.74, 6) is -3.79. The molecule has 1 aromatic carbocycles. The number of benzene rings is 1. The highest BCUT2D eigenvalue weighted by Gasteiger charge is 2.17. The Bertz CT molecular complexity index is 1060. The monoisotopic (exact) mass is 642 g/mol. The van der Waals surface area contributed by atoms with Crippen LogP contribution < -0.4 is 16.1 Å². The van der Waals surface area contributed by atoms with Gasteiger partial charge in [-0.05, 0) is 25.3 Å². The van der Waals surface area contributed by atoms with Crippen LogP contribution in [0.2, 0.25) is 0 Å². The Balaban J connectivity index is 0. The maximum Gasteiger partial charge on any atom is 0.326 e. The lowest BCUT2D eigenvalue weighted by Crippen LogP contribution is -2.39. The van der Waals surface area contributed by atoms with Crippen LogP contribution >= 0.6 is 0 Å². The summed E-state index contributed by atoms with van der Waals surface area (Å²) in [4.78, 5) is 79.4. The zero-order chi connectivity index (χ0) is 34.8. The van der Waals surface area contributed by atoms with Gasteiger partial charge in [-0.1, -0.05) is 36.8 Å². The van der Waals surface area contributed by atoms with Crippen molar-refractivity contribution >= 4 is 41.5 Å². The zero-order valence-electron chi connectivity index (χ0n) is 26.4. The molecular formula is C29H46N4O12. The third-order valence-electron chi connectivity index (χ3n) is 5.35. The summed E-state index contributed by atoms with van der Waals surface area (Å²) in [5.41, 5.74) is 3.29. The first kappa shape index (κ1) is 42.6. The number of nitrogens with zero attached hydrogens (tertiary/aromatic N) is 1. The number of carboxylic acid groups (broad SMARTS) is 3. The molecule has 0 aromatic heterocycles. The zero-order valence-corrected chi connectivity index (χ0v) is 26.4. The van der Waals surface area contributed by atoms with E-state index in [0.29, 0.717) is 32.7 Å². The number of hydrogen-bond donors (Lipinski definition) is 6. The normalized spacial score (nSPS) is 12.9. The van der Waals surface area contributed by atoms with Gasteiger partial charge < -0.3 is 35.6 Å². The molecule has 16 heteroatoms.